The van der Waals surface area contributed by atoms with Gasteiger partial charge in [-0.05, 0) is 23.6 Å². The van der Waals surface area contributed by atoms with Crippen molar-refractivity contribution in [3.63, 3.8) is 0 Å². The number of aromatic nitrogens is 1. The Morgan fingerprint density at radius 3 is 2.62 bits per heavy atom. The average Bonchev–Trinajstić information content (AvgIpc) is 2.30. The van der Waals surface area contributed by atoms with E-state index >= 15 is 0 Å². The number of pyridine rings is 1. The van der Waals surface area contributed by atoms with Crippen LogP contribution in [-0.4, -0.2) is 4.98 Å². The van der Waals surface area contributed by atoms with Gasteiger partial charge in [-0.2, -0.15) is 5.26 Å². The van der Waals surface area contributed by atoms with Crippen LogP contribution < -0.4 is 0 Å². The van der Waals surface area contributed by atoms with Gasteiger partial charge >= 0.3 is 0 Å². The van der Waals surface area contributed by atoms with Crippen molar-refractivity contribution in [3.05, 3.63) is 42.1 Å². The maximum absolute atomic E-state index is 9.24. The maximum atomic E-state index is 9.24. The van der Waals surface area contributed by atoms with Crippen molar-refractivity contribution < 1.29 is 0 Å². The molecule has 0 N–H and O–H groups in total. The number of benzene rings is 1. The van der Waals surface area contributed by atoms with Gasteiger partial charge in [-0.1, -0.05) is 32.0 Å². The molecule has 0 aliphatic rings. The van der Waals surface area contributed by atoms with Crippen molar-refractivity contribution >= 4 is 10.9 Å². The molecule has 2 rings (SSSR count). The molecule has 1 unspecified atom stereocenters. The molecule has 2 heteroatoms. The lowest BCUT2D eigenvalue weighted by molar-refractivity contribution is 0.590. The molecule has 1 aromatic heterocycles. The first-order valence-electron chi connectivity index (χ1n) is 5.47. The molecule has 0 spiro atoms. The summed E-state index contributed by atoms with van der Waals surface area (Å²) in [5.74, 6) is 0.253. The van der Waals surface area contributed by atoms with Crippen LogP contribution in [0, 0.1) is 17.2 Å². The molecule has 1 heterocycles. The second-order valence-corrected chi connectivity index (χ2v) is 4.27. The smallest absolute Gasteiger partial charge is 0.0742 e. The van der Waals surface area contributed by atoms with E-state index < -0.39 is 0 Å². The Kier molecular flexibility index (Phi) is 2.87. The van der Waals surface area contributed by atoms with E-state index in [2.05, 4.69) is 24.9 Å². The van der Waals surface area contributed by atoms with E-state index in [4.69, 9.17) is 0 Å². The molecule has 0 aliphatic carbocycles. The largest absolute Gasteiger partial charge is 0.256 e. The van der Waals surface area contributed by atoms with Gasteiger partial charge in [-0.3, -0.25) is 4.98 Å². The lowest BCUT2D eigenvalue weighted by Gasteiger charge is -2.15. The molecule has 1 atom stereocenters. The Morgan fingerprint density at radius 2 is 1.94 bits per heavy atom. The van der Waals surface area contributed by atoms with Gasteiger partial charge < -0.3 is 0 Å². The summed E-state index contributed by atoms with van der Waals surface area (Å²) in [4.78, 5) is 4.31. The van der Waals surface area contributed by atoms with Gasteiger partial charge in [0.15, 0.2) is 0 Å². The molecule has 0 bridgehead atoms. The Balaban J connectivity index is 2.65. The summed E-state index contributed by atoms with van der Waals surface area (Å²) < 4.78 is 0. The maximum Gasteiger partial charge on any atom is 0.0742 e. The molecule has 0 amide bonds. The predicted molar refractivity (Wildman–Crippen MR) is 64.9 cm³/mol. The molecule has 0 saturated carbocycles. The predicted octanol–water partition coefficient (Wildman–Crippen LogP) is 3.50. The molecule has 0 radical (unpaired) electrons. The summed E-state index contributed by atoms with van der Waals surface area (Å²) in [7, 11) is 0. The molecule has 0 saturated heterocycles. The minimum absolute atomic E-state index is 0.0621. The zero-order valence-electron chi connectivity index (χ0n) is 9.51. The van der Waals surface area contributed by atoms with E-state index in [1.165, 1.54) is 0 Å². The van der Waals surface area contributed by atoms with E-state index in [-0.39, 0.29) is 5.92 Å². The summed E-state index contributed by atoms with van der Waals surface area (Å²) >= 11 is 0. The van der Waals surface area contributed by atoms with Crippen LogP contribution in [0.15, 0.2) is 36.5 Å². The second-order valence-electron chi connectivity index (χ2n) is 4.27. The number of hydrogen-bond donors (Lipinski definition) is 0. The number of nitrogens with zero attached hydrogens (tertiary/aromatic N) is 2. The molecule has 2 aromatic rings. The van der Waals surface area contributed by atoms with Crippen molar-refractivity contribution in [2.24, 2.45) is 5.92 Å². The van der Waals surface area contributed by atoms with Crippen molar-refractivity contribution in [2.45, 2.75) is 19.8 Å². The molecule has 16 heavy (non-hydrogen) atoms. The Morgan fingerprint density at radius 1 is 1.19 bits per heavy atom. The van der Waals surface area contributed by atoms with Gasteiger partial charge in [0.1, 0.15) is 0 Å². The van der Waals surface area contributed by atoms with Crippen LogP contribution in [0.4, 0.5) is 0 Å². The van der Waals surface area contributed by atoms with Gasteiger partial charge in [0.05, 0.1) is 17.5 Å². The fraction of sp³-hybridized carbons (Fsp3) is 0.286. The zero-order chi connectivity index (χ0) is 11.5. The third-order valence-corrected chi connectivity index (χ3v) is 2.82. The standard InChI is InChI=1S/C14H14N2/c1-10(2)13(9-15)11-7-8-16-14-6-4-3-5-12(11)14/h3-8,10,13H,1-2H3. The Bertz CT molecular complexity index is 532. The highest BCUT2D eigenvalue weighted by Gasteiger charge is 2.17. The van der Waals surface area contributed by atoms with Gasteiger partial charge in [0.25, 0.3) is 0 Å². The molecule has 0 fully saturated rings. The molecular formula is C14H14N2. The molecule has 80 valence electrons. The first kappa shape index (κ1) is 10.6. The van der Waals surface area contributed by atoms with Gasteiger partial charge in [-0.15, -0.1) is 0 Å². The Hall–Kier alpha value is -1.88. The summed E-state index contributed by atoms with van der Waals surface area (Å²) in [6.45, 7) is 4.15. The summed E-state index contributed by atoms with van der Waals surface area (Å²) in [5.41, 5.74) is 2.05. The highest BCUT2D eigenvalue weighted by Crippen LogP contribution is 2.28. The third kappa shape index (κ3) is 1.77. The highest BCUT2D eigenvalue weighted by atomic mass is 14.6. The van der Waals surface area contributed by atoms with Gasteiger partial charge in [0, 0.05) is 11.6 Å². The monoisotopic (exact) mass is 210 g/mol. The summed E-state index contributed by atoms with van der Waals surface area (Å²) in [6.07, 6.45) is 1.78. The number of fused-ring (bicyclic) bond motifs is 1. The van der Waals surface area contributed by atoms with Crippen LogP contribution in [-0.2, 0) is 0 Å². The fourth-order valence-corrected chi connectivity index (χ4v) is 1.97. The van der Waals surface area contributed by atoms with E-state index in [0.29, 0.717) is 5.92 Å². The number of para-hydroxylation sites is 1. The lowest BCUT2D eigenvalue weighted by atomic mass is 9.88. The van der Waals surface area contributed by atoms with Crippen LogP contribution in [0.3, 0.4) is 0 Å². The van der Waals surface area contributed by atoms with Crippen LogP contribution in [0.2, 0.25) is 0 Å². The SMILES string of the molecule is CC(C)C(C#N)c1ccnc2ccccc12. The normalized spacial score (nSPS) is 12.6. The van der Waals surface area contributed by atoms with E-state index in [9.17, 15) is 5.26 Å². The molecule has 1 aromatic carbocycles. The minimum atomic E-state index is -0.0621. The minimum Gasteiger partial charge on any atom is -0.256 e. The Labute approximate surface area is 95.6 Å². The van der Waals surface area contributed by atoms with Crippen LogP contribution in [0.25, 0.3) is 10.9 Å². The third-order valence-electron chi connectivity index (χ3n) is 2.82. The number of hydrogen-bond acceptors (Lipinski definition) is 2. The first-order chi connectivity index (χ1) is 7.74. The van der Waals surface area contributed by atoms with Gasteiger partial charge in [-0.25, -0.2) is 0 Å². The van der Waals surface area contributed by atoms with Crippen molar-refractivity contribution in [3.8, 4) is 6.07 Å². The number of rotatable bonds is 2. The molecule has 0 aliphatic heterocycles. The summed E-state index contributed by atoms with van der Waals surface area (Å²) in [6, 6.07) is 12.3. The zero-order valence-corrected chi connectivity index (χ0v) is 9.51. The van der Waals surface area contributed by atoms with Crippen LogP contribution >= 0.6 is 0 Å². The van der Waals surface area contributed by atoms with Crippen molar-refractivity contribution in [1.82, 2.24) is 4.98 Å². The number of nitriles is 1. The lowest BCUT2D eigenvalue weighted by Crippen LogP contribution is -2.05. The van der Waals surface area contributed by atoms with Gasteiger partial charge in [0.2, 0.25) is 0 Å². The second kappa shape index (κ2) is 4.32. The topological polar surface area (TPSA) is 36.7 Å². The van der Waals surface area contributed by atoms with Crippen LogP contribution in [0.5, 0.6) is 0 Å². The first-order valence-corrected chi connectivity index (χ1v) is 5.47. The van der Waals surface area contributed by atoms with E-state index in [0.717, 1.165) is 16.5 Å². The fourth-order valence-electron chi connectivity index (χ4n) is 1.97. The van der Waals surface area contributed by atoms with Crippen molar-refractivity contribution in [2.75, 3.05) is 0 Å². The van der Waals surface area contributed by atoms with E-state index in [1.54, 1.807) is 6.20 Å². The van der Waals surface area contributed by atoms with Crippen molar-refractivity contribution in [1.29, 1.82) is 5.26 Å². The quantitative estimate of drug-likeness (QED) is 0.760. The molecule has 2 nitrogen and oxygen atoms in total. The van der Waals surface area contributed by atoms with E-state index in [1.807, 2.05) is 30.3 Å². The average molecular weight is 210 g/mol. The summed E-state index contributed by atoms with van der Waals surface area (Å²) in [5, 5.41) is 10.3. The molecular weight excluding hydrogens is 196 g/mol. The highest BCUT2D eigenvalue weighted by molar-refractivity contribution is 5.82. The van der Waals surface area contributed by atoms with Crippen LogP contribution in [0.1, 0.15) is 25.3 Å².